The lowest BCUT2D eigenvalue weighted by atomic mass is 10.2. The molecule has 0 aliphatic rings. The third kappa shape index (κ3) is 3.71. The van der Waals surface area contributed by atoms with Gasteiger partial charge in [-0.15, -0.1) is 0 Å². The minimum absolute atomic E-state index is 0.148. The number of benzene rings is 1. The summed E-state index contributed by atoms with van der Waals surface area (Å²) in [5.41, 5.74) is -0.460. The van der Waals surface area contributed by atoms with Crippen molar-refractivity contribution < 1.29 is 14.5 Å². The van der Waals surface area contributed by atoms with Crippen LogP contribution in [0.2, 0.25) is 0 Å². The van der Waals surface area contributed by atoms with E-state index in [1.807, 2.05) is 6.92 Å². The molecule has 0 spiro atoms. The molecular weight excluding hydrogens is 246 g/mol. The number of nitro benzene ring substituents is 1. The quantitative estimate of drug-likeness (QED) is 0.340. The molecule has 92 valence electrons. The molecular formula is C11H12ClNO4. The number of unbranched alkanes of at least 4 members (excludes halogenated alkanes) is 1. The number of nitro groups is 1. The van der Waals surface area contributed by atoms with E-state index in [0.29, 0.717) is 12.4 Å². The molecule has 0 N–H and O–H groups in total. The standard InChI is InChI=1S/C11H12ClNO4/c1-2-3-6-17-8-4-5-10(13(15)16)9(7-8)11(12)14/h4-5,7H,2-3,6H2,1H3. The maximum atomic E-state index is 11.1. The number of ether oxygens (including phenoxy) is 1. The Kier molecular flexibility index (Phi) is 4.90. The second kappa shape index (κ2) is 6.20. The van der Waals surface area contributed by atoms with E-state index in [1.165, 1.54) is 18.2 Å². The van der Waals surface area contributed by atoms with Crippen LogP contribution in [0, 0.1) is 10.1 Å². The van der Waals surface area contributed by atoms with Crippen molar-refractivity contribution >= 4 is 22.5 Å². The summed E-state index contributed by atoms with van der Waals surface area (Å²) in [5, 5.41) is 9.79. The van der Waals surface area contributed by atoms with E-state index >= 15 is 0 Å². The monoisotopic (exact) mass is 257 g/mol. The van der Waals surface area contributed by atoms with Gasteiger partial charge in [-0.25, -0.2) is 0 Å². The van der Waals surface area contributed by atoms with Gasteiger partial charge in [0.2, 0.25) is 0 Å². The second-order valence-corrected chi connectivity index (χ2v) is 3.76. The van der Waals surface area contributed by atoms with Gasteiger partial charge in [0.1, 0.15) is 11.3 Å². The topological polar surface area (TPSA) is 69.4 Å². The zero-order valence-electron chi connectivity index (χ0n) is 9.31. The van der Waals surface area contributed by atoms with Crippen LogP contribution in [0.4, 0.5) is 5.69 Å². The summed E-state index contributed by atoms with van der Waals surface area (Å²) in [4.78, 5) is 21.1. The molecule has 1 aromatic carbocycles. The van der Waals surface area contributed by atoms with Crippen molar-refractivity contribution in [1.29, 1.82) is 0 Å². The van der Waals surface area contributed by atoms with Crippen molar-refractivity contribution in [3.05, 3.63) is 33.9 Å². The first-order valence-corrected chi connectivity index (χ1v) is 5.55. The molecule has 5 nitrogen and oxygen atoms in total. The van der Waals surface area contributed by atoms with Gasteiger partial charge >= 0.3 is 0 Å². The van der Waals surface area contributed by atoms with E-state index in [1.54, 1.807) is 0 Å². The average molecular weight is 258 g/mol. The molecule has 6 heteroatoms. The van der Waals surface area contributed by atoms with Crippen molar-refractivity contribution in [1.82, 2.24) is 0 Å². The van der Waals surface area contributed by atoms with Crippen molar-refractivity contribution in [3.63, 3.8) is 0 Å². The van der Waals surface area contributed by atoms with Crippen molar-refractivity contribution in [2.45, 2.75) is 19.8 Å². The molecule has 0 atom stereocenters. The lowest BCUT2D eigenvalue weighted by Crippen LogP contribution is -2.01. The number of rotatable bonds is 6. The van der Waals surface area contributed by atoms with Gasteiger partial charge in [0.25, 0.3) is 10.9 Å². The summed E-state index contributed by atoms with van der Waals surface area (Å²) >= 11 is 5.29. The van der Waals surface area contributed by atoms with Crippen LogP contribution in [0.25, 0.3) is 0 Å². The van der Waals surface area contributed by atoms with Crippen LogP contribution >= 0.6 is 11.6 Å². The highest BCUT2D eigenvalue weighted by molar-refractivity contribution is 6.68. The van der Waals surface area contributed by atoms with Crippen molar-refractivity contribution in [2.24, 2.45) is 0 Å². The predicted octanol–water partition coefficient (Wildman–Crippen LogP) is 3.15. The fourth-order valence-corrected chi connectivity index (χ4v) is 1.41. The fourth-order valence-electron chi connectivity index (χ4n) is 1.26. The number of hydrogen-bond acceptors (Lipinski definition) is 4. The SMILES string of the molecule is CCCCOc1ccc([N+](=O)[O-])c(C(=O)Cl)c1. The summed E-state index contributed by atoms with van der Waals surface area (Å²) < 4.78 is 5.34. The van der Waals surface area contributed by atoms with Crippen LogP contribution < -0.4 is 4.74 Å². The highest BCUT2D eigenvalue weighted by atomic mass is 35.5. The zero-order chi connectivity index (χ0) is 12.8. The Balaban J connectivity index is 2.94. The molecule has 0 aliphatic heterocycles. The summed E-state index contributed by atoms with van der Waals surface area (Å²) in [6.07, 6.45) is 1.86. The van der Waals surface area contributed by atoms with Gasteiger partial charge in [-0.3, -0.25) is 14.9 Å². The van der Waals surface area contributed by atoms with E-state index in [0.717, 1.165) is 12.8 Å². The minimum Gasteiger partial charge on any atom is -0.494 e. The van der Waals surface area contributed by atoms with E-state index in [9.17, 15) is 14.9 Å². The highest BCUT2D eigenvalue weighted by Crippen LogP contribution is 2.25. The van der Waals surface area contributed by atoms with Gasteiger partial charge in [-0.1, -0.05) is 13.3 Å². The van der Waals surface area contributed by atoms with Crippen molar-refractivity contribution in [2.75, 3.05) is 6.61 Å². The first kappa shape index (κ1) is 13.4. The molecule has 0 amide bonds. The van der Waals surface area contributed by atoms with Gasteiger partial charge in [-0.05, 0) is 30.2 Å². The number of halogens is 1. The highest BCUT2D eigenvalue weighted by Gasteiger charge is 2.19. The normalized spacial score (nSPS) is 10.0. The Bertz CT molecular complexity index is 433. The minimum atomic E-state index is -0.863. The first-order chi connectivity index (χ1) is 8.06. The Morgan fingerprint density at radius 1 is 1.53 bits per heavy atom. The van der Waals surface area contributed by atoms with Crippen LogP contribution in [0.5, 0.6) is 5.75 Å². The number of carbonyl (C=O) groups excluding carboxylic acids is 1. The molecule has 1 rings (SSSR count). The predicted molar refractivity (Wildman–Crippen MR) is 63.7 cm³/mol. The molecule has 0 heterocycles. The van der Waals surface area contributed by atoms with E-state index in [-0.39, 0.29) is 11.3 Å². The van der Waals surface area contributed by atoms with Crippen LogP contribution in [-0.2, 0) is 0 Å². The summed E-state index contributed by atoms with van der Waals surface area (Å²) in [7, 11) is 0. The molecule has 0 saturated carbocycles. The molecule has 0 radical (unpaired) electrons. The largest absolute Gasteiger partial charge is 0.494 e. The third-order valence-corrected chi connectivity index (χ3v) is 2.35. The lowest BCUT2D eigenvalue weighted by molar-refractivity contribution is -0.385. The van der Waals surface area contributed by atoms with E-state index in [4.69, 9.17) is 16.3 Å². The molecule has 0 unspecified atom stereocenters. The Morgan fingerprint density at radius 2 is 2.24 bits per heavy atom. The van der Waals surface area contributed by atoms with Crippen LogP contribution in [0.1, 0.15) is 30.1 Å². The molecule has 0 fully saturated rings. The summed E-state index contributed by atoms with van der Waals surface area (Å²) in [5.74, 6) is 0.410. The second-order valence-electron chi connectivity index (χ2n) is 3.41. The van der Waals surface area contributed by atoms with Crippen LogP contribution in [0.15, 0.2) is 18.2 Å². The molecule has 17 heavy (non-hydrogen) atoms. The summed E-state index contributed by atoms with van der Waals surface area (Å²) in [6.45, 7) is 2.52. The van der Waals surface area contributed by atoms with E-state index in [2.05, 4.69) is 0 Å². The smallest absolute Gasteiger partial charge is 0.281 e. The van der Waals surface area contributed by atoms with Crippen LogP contribution in [-0.4, -0.2) is 16.8 Å². The first-order valence-electron chi connectivity index (χ1n) is 5.17. The molecule has 1 aromatic rings. The Hall–Kier alpha value is -1.62. The fraction of sp³-hybridized carbons (Fsp3) is 0.364. The Labute approximate surface area is 103 Å². The van der Waals surface area contributed by atoms with Gasteiger partial charge in [0.05, 0.1) is 11.5 Å². The molecule has 0 aliphatic carbocycles. The van der Waals surface area contributed by atoms with Gasteiger partial charge in [0, 0.05) is 6.07 Å². The molecule has 0 bridgehead atoms. The Morgan fingerprint density at radius 3 is 2.76 bits per heavy atom. The third-order valence-electron chi connectivity index (χ3n) is 2.14. The maximum Gasteiger partial charge on any atom is 0.281 e. The molecule has 0 aromatic heterocycles. The van der Waals surface area contributed by atoms with Gasteiger partial charge in [-0.2, -0.15) is 0 Å². The van der Waals surface area contributed by atoms with Gasteiger partial charge < -0.3 is 4.74 Å². The van der Waals surface area contributed by atoms with Crippen LogP contribution in [0.3, 0.4) is 0 Å². The number of nitrogens with zero attached hydrogens (tertiary/aromatic N) is 1. The molecule has 0 saturated heterocycles. The number of hydrogen-bond donors (Lipinski definition) is 0. The van der Waals surface area contributed by atoms with Crippen molar-refractivity contribution in [3.8, 4) is 5.75 Å². The number of carbonyl (C=O) groups is 1. The lowest BCUT2D eigenvalue weighted by Gasteiger charge is -2.06. The van der Waals surface area contributed by atoms with Gasteiger partial charge in [0.15, 0.2) is 0 Å². The van der Waals surface area contributed by atoms with E-state index < -0.39 is 10.2 Å². The summed E-state index contributed by atoms with van der Waals surface area (Å²) in [6, 6.07) is 3.97. The zero-order valence-corrected chi connectivity index (χ0v) is 10.1. The average Bonchev–Trinajstić information content (AvgIpc) is 2.29. The maximum absolute atomic E-state index is 11.1.